The number of carboxylic acids is 1. The van der Waals surface area contributed by atoms with Crippen molar-refractivity contribution in [3.8, 4) is 11.5 Å². The topological polar surface area (TPSA) is 129 Å². The zero-order valence-corrected chi connectivity index (χ0v) is 27.8. The van der Waals surface area contributed by atoms with Gasteiger partial charge in [-0.1, -0.05) is 29.8 Å². The number of benzene rings is 3. The van der Waals surface area contributed by atoms with Crippen molar-refractivity contribution in [2.24, 2.45) is 0 Å². The minimum atomic E-state index is -5.08. The largest absolute Gasteiger partial charge is 0.493 e. The summed E-state index contributed by atoms with van der Waals surface area (Å²) in [5.41, 5.74) is 1.90. The Kier molecular flexibility index (Phi) is 12.5. The quantitative estimate of drug-likeness (QED) is 0.191. The summed E-state index contributed by atoms with van der Waals surface area (Å²) in [5.74, 6) is -3.56. The van der Waals surface area contributed by atoms with Crippen LogP contribution in [0.2, 0.25) is 5.02 Å². The molecule has 3 amide bonds. The van der Waals surface area contributed by atoms with Crippen molar-refractivity contribution >= 4 is 35.2 Å². The van der Waals surface area contributed by atoms with E-state index in [0.29, 0.717) is 42.5 Å². The number of carboxylic acid groups (broad SMARTS) is 1. The third kappa shape index (κ3) is 9.33. The number of methoxy groups -OCH3 is 2. The fourth-order valence-corrected chi connectivity index (χ4v) is 6.53. The molecule has 1 aliphatic carbocycles. The molecule has 50 heavy (non-hydrogen) atoms. The molecule has 16 heteroatoms. The van der Waals surface area contributed by atoms with Crippen LogP contribution in [-0.2, 0) is 21.5 Å². The summed E-state index contributed by atoms with van der Waals surface area (Å²) in [5, 5.41) is 16.6. The van der Waals surface area contributed by atoms with E-state index in [0.717, 1.165) is 36.1 Å². The molecule has 2 fully saturated rings. The van der Waals surface area contributed by atoms with E-state index in [-0.39, 0.29) is 35.6 Å². The lowest BCUT2D eigenvalue weighted by Gasteiger charge is -2.45. The second-order valence-electron chi connectivity index (χ2n) is 11.8. The van der Waals surface area contributed by atoms with Crippen molar-refractivity contribution in [1.29, 1.82) is 0 Å². The number of alkyl halides is 3. The molecule has 10 nitrogen and oxygen atoms in total. The molecule has 3 atom stereocenters. The summed E-state index contributed by atoms with van der Waals surface area (Å²) in [7, 11) is 3.19. The Morgan fingerprint density at radius 3 is 2.26 bits per heavy atom. The number of anilines is 1. The lowest BCUT2D eigenvalue weighted by atomic mass is 9.65. The minimum absolute atomic E-state index is 0.0202. The molecule has 0 bridgehead atoms. The molecule has 1 saturated carbocycles. The van der Waals surface area contributed by atoms with Gasteiger partial charge in [0.15, 0.2) is 23.1 Å². The van der Waals surface area contributed by atoms with Gasteiger partial charge in [-0.25, -0.2) is 18.4 Å². The van der Waals surface area contributed by atoms with Crippen LogP contribution in [-0.4, -0.2) is 73.5 Å². The summed E-state index contributed by atoms with van der Waals surface area (Å²) in [6, 6.07) is 15.6. The molecule has 0 spiro atoms. The first kappa shape index (κ1) is 38.2. The molecule has 4 N–H and O–H groups in total. The van der Waals surface area contributed by atoms with E-state index < -0.39 is 29.8 Å². The zero-order chi connectivity index (χ0) is 36.6. The van der Waals surface area contributed by atoms with E-state index >= 15 is 0 Å². The Morgan fingerprint density at radius 1 is 0.960 bits per heavy atom. The molecule has 3 unspecified atom stereocenters. The molecule has 1 aliphatic heterocycles. The van der Waals surface area contributed by atoms with Crippen LogP contribution in [0.25, 0.3) is 0 Å². The normalized spacial score (nSPS) is 19.8. The van der Waals surface area contributed by atoms with Gasteiger partial charge in [0.1, 0.15) is 0 Å². The number of urea groups is 1. The minimum Gasteiger partial charge on any atom is -0.493 e. The second kappa shape index (κ2) is 16.4. The standard InChI is InChI=1S/C32H35ClF2N4O4.C2HF3O2/c1-42-27-10-5-21(15-28(27)43-2)32-12-11-24(38-31(41)37-23-8-9-25(34)26(35)16-23)17-29(32)39(14-13-32)30(40)19-36-18-20-3-6-22(33)7-4-20;3-2(4,5)1(6)7/h3-10,15-16,24,29,36H,11-14,17-19H2,1-2H3,(H2,37,38,41);(H,6,7). The highest BCUT2D eigenvalue weighted by Gasteiger charge is 2.53. The number of halogens is 6. The van der Waals surface area contributed by atoms with Gasteiger partial charge in [-0.05, 0) is 73.2 Å². The van der Waals surface area contributed by atoms with Crippen molar-refractivity contribution < 1.29 is 50.9 Å². The molecule has 3 aromatic carbocycles. The number of hydrogen-bond donors (Lipinski definition) is 4. The lowest BCUT2D eigenvalue weighted by Crippen LogP contribution is -2.55. The molecule has 3 aromatic rings. The lowest BCUT2D eigenvalue weighted by molar-refractivity contribution is -0.192. The summed E-state index contributed by atoms with van der Waals surface area (Å²) in [6.45, 7) is 1.26. The van der Waals surface area contributed by atoms with E-state index in [2.05, 4.69) is 16.0 Å². The zero-order valence-electron chi connectivity index (χ0n) is 27.1. The van der Waals surface area contributed by atoms with Crippen molar-refractivity contribution in [2.45, 2.75) is 55.9 Å². The van der Waals surface area contributed by atoms with Crippen LogP contribution in [0.1, 0.15) is 36.8 Å². The first-order valence-corrected chi connectivity index (χ1v) is 15.8. The van der Waals surface area contributed by atoms with E-state index in [9.17, 15) is 31.5 Å². The molecule has 1 heterocycles. The summed E-state index contributed by atoms with van der Waals surface area (Å²) in [6.07, 6.45) is -2.38. The number of carbonyl (C=O) groups is 3. The first-order valence-electron chi connectivity index (χ1n) is 15.5. The fourth-order valence-electron chi connectivity index (χ4n) is 6.40. The molecular weight excluding hydrogens is 691 g/mol. The summed E-state index contributed by atoms with van der Waals surface area (Å²) >= 11 is 5.99. The maximum atomic E-state index is 13.6. The maximum Gasteiger partial charge on any atom is 0.490 e. The molecule has 0 radical (unpaired) electrons. The number of ether oxygens (including phenoxy) is 2. The molecule has 1 saturated heterocycles. The number of likely N-dealkylation sites (tertiary alicyclic amines) is 1. The summed E-state index contributed by atoms with van der Waals surface area (Å²) < 4.78 is 69.8. The fraction of sp³-hybridized carbons (Fsp3) is 0.382. The number of rotatable bonds is 9. The van der Waals surface area contributed by atoms with Crippen LogP contribution in [0.4, 0.5) is 32.4 Å². The third-order valence-electron chi connectivity index (χ3n) is 8.81. The van der Waals surface area contributed by atoms with Gasteiger partial charge in [-0.3, -0.25) is 4.79 Å². The van der Waals surface area contributed by atoms with Crippen LogP contribution in [0.5, 0.6) is 11.5 Å². The molecule has 2 aliphatic rings. The van der Waals surface area contributed by atoms with Gasteiger partial charge < -0.3 is 35.4 Å². The van der Waals surface area contributed by atoms with Crippen molar-refractivity contribution in [3.05, 3.63) is 88.4 Å². The van der Waals surface area contributed by atoms with Gasteiger partial charge in [-0.2, -0.15) is 13.2 Å². The Morgan fingerprint density at radius 2 is 1.64 bits per heavy atom. The van der Waals surface area contributed by atoms with Gasteiger partial charge in [0.2, 0.25) is 5.91 Å². The number of carbonyl (C=O) groups excluding carboxylic acids is 2. The van der Waals surface area contributed by atoms with E-state index in [1.807, 2.05) is 47.4 Å². The van der Waals surface area contributed by atoms with Crippen LogP contribution in [0.3, 0.4) is 0 Å². The van der Waals surface area contributed by atoms with Crippen molar-refractivity contribution in [3.63, 3.8) is 0 Å². The Balaban J connectivity index is 0.000000727. The highest BCUT2D eigenvalue weighted by molar-refractivity contribution is 6.30. The second-order valence-corrected chi connectivity index (χ2v) is 12.2. The third-order valence-corrected chi connectivity index (χ3v) is 9.06. The Labute approximate surface area is 289 Å². The highest BCUT2D eigenvalue weighted by atomic mass is 35.5. The van der Waals surface area contributed by atoms with Crippen LogP contribution < -0.4 is 25.4 Å². The van der Waals surface area contributed by atoms with Crippen molar-refractivity contribution in [1.82, 2.24) is 15.5 Å². The molecule has 5 rings (SSSR count). The van der Waals surface area contributed by atoms with Gasteiger partial charge in [0.05, 0.1) is 20.8 Å². The average molecular weight is 727 g/mol. The number of aliphatic carboxylic acids is 1. The Bertz CT molecular complexity index is 1680. The number of hydrogen-bond acceptors (Lipinski definition) is 6. The van der Waals surface area contributed by atoms with Gasteiger partial charge in [0.25, 0.3) is 0 Å². The molecule has 270 valence electrons. The summed E-state index contributed by atoms with van der Waals surface area (Å²) in [4.78, 5) is 37.2. The highest BCUT2D eigenvalue weighted by Crippen LogP contribution is 2.50. The van der Waals surface area contributed by atoms with E-state index in [1.165, 1.54) is 6.07 Å². The number of nitrogens with one attached hydrogen (secondary N) is 3. The maximum absolute atomic E-state index is 13.6. The SMILES string of the molecule is COc1ccc(C23CCC(NC(=O)Nc4ccc(F)c(F)c4)CC2N(C(=O)CNCc2ccc(Cl)cc2)CC3)cc1OC.O=C(O)C(F)(F)F. The van der Waals surface area contributed by atoms with Gasteiger partial charge in [0, 0.05) is 47.4 Å². The smallest absolute Gasteiger partial charge is 0.490 e. The first-order chi connectivity index (χ1) is 23.7. The van der Waals surface area contributed by atoms with E-state index in [4.69, 9.17) is 31.0 Å². The number of amides is 3. The average Bonchev–Trinajstić information content (AvgIpc) is 3.47. The number of fused-ring (bicyclic) bond motifs is 1. The molecule has 0 aromatic heterocycles. The van der Waals surface area contributed by atoms with Crippen LogP contribution >= 0.6 is 11.6 Å². The van der Waals surface area contributed by atoms with Gasteiger partial charge >= 0.3 is 18.2 Å². The number of nitrogens with zero attached hydrogens (tertiary/aromatic N) is 1. The molecular formula is C34H36ClF5N4O6. The predicted molar refractivity (Wildman–Crippen MR) is 174 cm³/mol. The van der Waals surface area contributed by atoms with Crippen LogP contribution in [0, 0.1) is 11.6 Å². The predicted octanol–water partition coefficient (Wildman–Crippen LogP) is 6.27. The van der Waals surface area contributed by atoms with Gasteiger partial charge in [-0.15, -0.1) is 0 Å². The monoisotopic (exact) mass is 726 g/mol. The Hall–Kier alpha value is -4.63. The van der Waals surface area contributed by atoms with Crippen LogP contribution in [0.15, 0.2) is 60.7 Å². The van der Waals surface area contributed by atoms with Crippen molar-refractivity contribution in [2.75, 3.05) is 32.6 Å². The van der Waals surface area contributed by atoms with E-state index in [1.54, 1.807) is 14.2 Å².